The Balaban J connectivity index is 2.72. The molecule has 1 aromatic rings. The van der Waals surface area contributed by atoms with Crippen molar-refractivity contribution in [1.29, 1.82) is 0 Å². The number of hydrogen-bond acceptors (Lipinski definition) is 3. The average Bonchev–Trinajstić information content (AvgIpc) is 2.56. The molecule has 1 atom stereocenters. The summed E-state index contributed by atoms with van der Waals surface area (Å²) in [6, 6.07) is 7.61. The lowest BCUT2D eigenvalue weighted by atomic mass is 10.1. The smallest absolute Gasteiger partial charge is 0.215 e. The predicted octanol–water partition coefficient (Wildman–Crippen LogP) is 2.63. The average molecular weight is 389 g/mol. The Labute approximate surface area is 156 Å². The van der Waals surface area contributed by atoms with Crippen LogP contribution in [0.3, 0.4) is 0 Å². The summed E-state index contributed by atoms with van der Waals surface area (Å²) in [6.07, 6.45) is 0. The Morgan fingerprint density at radius 3 is 2.32 bits per heavy atom. The minimum absolute atomic E-state index is 0.000576. The molecule has 142 valence electrons. The molecule has 0 aliphatic carbocycles. The zero-order valence-corrected chi connectivity index (χ0v) is 17.0. The maximum atomic E-state index is 12.2. The Kier molecular flexibility index (Phi) is 9.24. The molecule has 0 bridgehead atoms. The molecule has 0 fully saturated rings. The monoisotopic (exact) mass is 388 g/mol. The van der Waals surface area contributed by atoms with Crippen molar-refractivity contribution >= 4 is 27.6 Å². The van der Waals surface area contributed by atoms with E-state index >= 15 is 0 Å². The highest BCUT2D eigenvalue weighted by atomic mass is 35.5. The van der Waals surface area contributed by atoms with Gasteiger partial charge in [-0.05, 0) is 31.5 Å². The molecule has 8 heteroatoms. The molecule has 1 unspecified atom stereocenters. The predicted molar refractivity (Wildman–Crippen MR) is 106 cm³/mol. The van der Waals surface area contributed by atoms with Crippen molar-refractivity contribution in [3.63, 3.8) is 0 Å². The number of hydrogen-bond donors (Lipinski definition) is 2. The van der Waals surface area contributed by atoms with E-state index in [9.17, 15) is 8.42 Å². The summed E-state index contributed by atoms with van der Waals surface area (Å²) in [6.45, 7) is 9.53. The van der Waals surface area contributed by atoms with E-state index in [-0.39, 0.29) is 18.3 Å². The van der Waals surface area contributed by atoms with Crippen LogP contribution in [0.2, 0.25) is 5.02 Å². The van der Waals surface area contributed by atoms with Gasteiger partial charge in [0.15, 0.2) is 5.96 Å². The lowest BCUT2D eigenvalue weighted by Crippen LogP contribution is -2.39. The van der Waals surface area contributed by atoms with Crippen LogP contribution in [0.25, 0.3) is 0 Å². The molecular weight excluding hydrogens is 360 g/mol. The van der Waals surface area contributed by atoms with Crippen molar-refractivity contribution in [2.24, 2.45) is 4.99 Å². The Bertz CT molecular complexity index is 643. The van der Waals surface area contributed by atoms with Crippen molar-refractivity contribution in [3.05, 3.63) is 34.9 Å². The number of sulfonamides is 1. The van der Waals surface area contributed by atoms with Gasteiger partial charge in [0, 0.05) is 24.7 Å². The molecule has 0 heterocycles. The summed E-state index contributed by atoms with van der Waals surface area (Å²) in [5.74, 6) is 0.598. The molecule has 0 aromatic heterocycles. The first-order valence-corrected chi connectivity index (χ1v) is 10.6. The van der Waals surface area contributed by atoms with Crippen molar-refractivity contribution in [2.45, 2.75) is 33.7 Å². The Morgan fingerprint density at radius 1 is 1.20 bits per heavy atom. The molecule has 25 heavy (non-hydrogen) atoms. The molecule has 6 nitrogen and oxygen atoms in total. The molecule has 0 aliphatic heterocycles. The number of rotatable bonds is 9. The zero-order chi connectivity index (χ0) is 18.9. The zero-order valence-electron chi connectivity index (χ0n) is 15.4. The number of halogens is 1. The van der Waals surface area contributed by atoms with E-state index in [0.29, 0.717) is 30.6 Å². The van der Waals surface area contributed by atoms with Gasteiger partial charge in [-0.3, -0.25) is 4.99 Å². The van der Waals surface area contributed by atoms with Gasteiger partial charge in [0.2, 0.25) is 10.0 Å². The fourth-order valence-corrected chi connectivity index (χ4v) is 3.87. The number of guanidine groups is 1. The summed E-state index contributed by atoms with van der Waals surface area (Å²) < 4.78 is 25.9. The van der Waals surface area contributed by atoms with Crippen LogP contribution in [0.4, 0.5) is 0 Å². The molecule has 0 saturated heterocycles. The second-order valence-corrected chi connectivity index (χ2v) is 8.10. The third-order valence-corrected chi connectivity index (χ3v) is 6.04. The van der Waals surface area contributed by atoms with E-state index in [1.165, 1.54) is 4.31 Å². The number of nitrogens with zero attached hydrogens (tertiary/aromatic N) is 2. The molecule has 2 N–H and O–H groups in total. The van der Waals surface area contributed by atoms with Crippen molar-refractivity contribution < 1.29 is 8.42 Å². The summed E-state index contributed by atoms with van der Waals surface area (Å²) in [5, 5.41) is 7.12. The summed E-state index contributed by atoms with van der Waals surface area (Å²) in [4.78, 5) is 4.40. The van der Waals surface area contributed by atoms with E-state index in [2.05, 4.69) is 15.6 Å². The Morgan fingerprint density at radius 2 is 1.80 bits per heavy atom. The quantitative estimate of drug-likeness (QED) is 0.503. The molecule has 0 amide bonds. The van der Waals surface area contributed by atoms with Gasteiger partial charge in [-0.2, -0.15) is 0 Å². The first-order chi connectivity index (χ1) is 11.8. The van der Waals surface area contributed by atoms with Crippen molar-refractivity contribution in [1.82, 2.24) is 14.9 Å². The van der Waals surface area contributed by atoms with Crippen LogP contribution in [0.15, 0.2) is 29.3 Å². The van der Waals surface area contributed by atoms with E-state index < -0.39 is 10.0 Å². The van der Waals surface area contributed by atoms with Crippen molar-refractivity contribution in [2.75, 3.05) is 31.9 Å². The molecule has 0 radical (unpaired) electrons. The van der Waals surface area contributed by atoms with Gasteiger partial charge >= 0.3 is 0 Å². The van der Waals surface area contributed by atoms with Gasteiger partial charge in [0.25, 0.3) is 0 Å². The van der Waals surface area contributed by atoms with Crippen LogP contribution in [-0.2, 0) is 10.0 Å². The van der Waals surface area contributed by atoms with E-state index in [1.54, 1.807) is 0 Å². The van der Waals surface area contributed by atoms with Crippen LogP contribution in [0.5, 0.6) is 0 Å². The van der Waals surface area contributed by atoms with Crippen LogP contribution < -0.4 is 10.6 Å². The van der Waals surface area contributed by atoms with Gasteiger partial charge in [-0.15, -0.1) is 0 Å². The maximum Gasteiger partial charge on any atom is 0.215 e. The summed E-state index contributed by atoms with van der Waals surface area (Å²) in [7, 11) is -3.26. The van der Waals surface area contributed by atoms with Crippen molar-refractivity contribution in [3.8, 4) is 0 Å². The second-order valence-electron chi connectivity index (χ2n) is 5.58. The molecule has 0 aliphatic rings. The number of aliphatic imine (C=N–C) groups is 1. The van der Waals surface area contributed by atoms with Gasteiger partial charge in [-0.25, -0.2) is 12.7 Å². The number of benzene rings is 1. The number of nitrogens with one attached hydrogen (secondary N) is 2. The van der Waals surface area contributed by atoms with Gasteiger partial charge in [0.05, 0.1) is 18.3 Å². The molecular formula is C17H29ClN4O2S. The van der Waals surface area contributed by atoms with Crippen LogP contribution in [0.1, 0.15) is 39.3 Å². The maximum absolute atomic E-state index is 12.2. The van der Waals surface area contributed by atoms with Gasteiger partial charge in [0.1, 0.15) is 0 Å². The lowest BCUT2D eigenvalue weighted by molar-refractivity contribution is 0.445. The molecule has 0 saturated carbocycles. The summed E-state index contributed by atoms with van der Waals surface area (Å²) >= 11 is 5.92. The normalized spacial score (nSPS) is 13.8. The Hall–Kier alpha value is -1.31. The van der Waals surface area contributed by atoms with E-state index in [4.69, 9.17) is 11.6 Å². The lowest BCUT2D eigenvalue weighted by Gasteiger charge is -2.19. The highest BCUT2D eigenvalue weighted by molar-refractivity contribution is 7.89. The molecule has 1 aromatic carbocycles. The third-order valence-electron chi connectivity index (χ3n) is 3.79. The highest BCUT2D eigenvalue weighted by Crippen LogP contribution is 2.15. The second kappa shape index (κ2) is 10.6. The summed E-state index contributed by atoms with van der Waals surface area (Å²) in [5.41, 5.74) is 1.07. The fraction of sp³-hybridized carbons (Fsp3) is 0.588. The first-order valence-electron chi connectivity index (χ1n) is 8.62. The molecule has 1 rings (SSSR count). The van der Waals surface area contributed by atoms with Gasteiger partial charge in [-0.1, -0.05) is 37.6 Å². The minimum Gasteiger partial charge on any atom is -0.357 e. The first kappa shape index (κ1) is 21.7. The fourth-order valence-electron chi connectivity index (χ4n) is 2.38. The largest absolute Gasteiger partial charge is 0.357 e. The molecule has 0 spiro atoms. The van der Waals surface area contributed by atoms with Crippen LogP contribution in [-0.4, -0.2) is 50.6 Å². The standard InChI is InChI=1S/C17H29ClN4O2S/c1-5-19-17(20-12-13-25(23,24)22(6-2)7-3)21-14(4)15-8-10-16(18)11-9-15/h8-11,14H,5-7,12-13H2,1-4H3,(H2,19,20,21). The minimum atomic E-state index is -3.26. The highest BCUT2D eigenvalue weighted by Gasteiger charge is 2.18. The van der Waals surface area contributed by atoms with E-state index in [1.807, 2.05) is 52.0 Å². The SMILES string of the molecule is CCNC(=NCCS(=O)(=O)N(CC)CC)NC(C)c1ccc(Cl)cc1. The van der Waals surface area contributed by atoms with Crippen LogP contribution >= 0.6 is 11.6 Å². The third kappa shape index (κ3) is 7.22. The topological polar surface area (TPSA) is 73.8 Å². The van der Waals surface area contributed by atoms with Crippen LogP contribution in [0, 0.1) is 0 Å². The van der Waals surface area contributed by atoms with E-state index in [0.717, 1.165) is 5.56 Å². The van der Waals surface area contributed by atoms with Gasteiger partial charge < -0.3 is 10.6 Å².